The van der Waals surface area contributed by atoms with Crippen molar-refractivity contribution in [1.29, 1.82) is 0 Å². The topological polar surface area (TPSA) is 47.0 Å². The minimum absolute atomic E-state index is 0.231. The fraction of sp³-hybridized carbons (Fsp3) is 0.167. The maximum atomic E-state index is 10.7. The number of aromatic nitrogens is 1. The van der Waals surface area contributed by atoms with Crippen molar-refractivity contribution in [2.75, 3.05) is 0 Å². The van der Waals surface area contributed by atoms with Crippen molar-refractivity contribution in [1.82, 2.24) is 4.98 Å². The minimum Gasteiger partial charge on any atom is -0.259 e. The molecule has 1 aromatic rings. The van der Waals surface area contributed by atoms with Crippen LogP contribution in [0.3, 0.4) is 0 Å². The lowest BCUT2D eigenvalue weighted by Gasteiger charge is -2.02. The second kappa shape index (κ2) is 3.60. The number of hydrogen-bond acceptors (Lipinski definition) is 3. The highest BCUT2D eigenvalue weighted by molar-refractivity contribution is 8.14. The molecule has 1 rings (SSSR count). The Morgan fingerprint density at radius 2 is 2.08 bits per heavy atom. The highest BCUT2D eigenvalue weighted by Crippen LogP contribution is 2.27. The molecule has 6 heteroatoms. The van der Waals surface area contributed by atoms with Crippen molar-refractivity contribution in [3.63, 3.8) is 0 Å². The van der Waals surface area contributed by atoms with Gasteiger partial charge in [0.2, 0.25) is 0 Å². The average Bonchev–Trinajstić information content (AvgIpc) is 2.03. The van der Waals surface area contributed by atoms with E-state index in [2.05, 4.69) is 4.98 Å². The van der Waals surface area contributed by atoms with Crippen LogP contribution < -0.4 is 0 Å². The number of halogens is 2. The lowest BCUT2D eigenvalue weighted by atomic mass is 10.4. The first-order valence-electron chi connectivity index (χ1n) is 3.00. The van der Waals surface area contributed by atoms with Crippen molar-refractivity contribution >= 4 is 31.3 Å². The summed E-state index contributed by atoms with van der Waals surface area (Å²) in [6.45, 7) is 0. The molecule has 0 N–H and O–H groups in total. The van der Waals surface area contributed by atoms with E-state index in [-0.39, 0.29) is 5.69 Å². The van der Waals surface area contributed by atoms with E-state index in [0.29, 0.717) is 0 Å². The summed E-state index contributed by atoms with van der Waals surface area (Å²) in [5.74, 6) is 0. The summed E-state index contributed by atoms with van der Waals surface area (Å²) in [5.41, 5.74) is 0.231. The molecular formula is C6H5Cl2NO2S. The summed E-state index contributed by atoms with van der Waals surface area (Å²) in [6.07, 6.45) is 1.45. The van der Waals surface area contributed by atoms with Crippen LogP contribution in [0.15, 0.2) is 24.4 Å². The molecule has 1 unspecified atom stereocenters. The van der Waals surface area contributed by atoms with E-state index < -0.39 is 13.8 Å². The van der Waals surface area contributed by atoms with Gasteiger partial charge in [0.25, 0.3) is 9.05 Å². The van der Waals surface area contributed by atoms with Gasteiger partial charge in [0.05, 0.1) is 5.69 Å². The Morgan fingerprint density at radius 3 is 2.50 bits per heavy atom. The number of rotatable bonds is 2. The van der Waals surface area contributed by atoms with E-state index in [4.69, 9.17) is 22.3 Å². The average molecular weight is 226 g/mol. The number of pyridine rings is 1. The van der Waals surface area contributed by atoms with Crippen LogP contribution in [0.5, 0.6) is 0 Å². The van der Waals surface area contributed by atoms with Crippen LogP contribution in [0.4, 0.5) is 0 Å². The number of hydrogen-bond donors (Lipinski definition) is 0. The zero-order valence-corrected chi connectivity index (χ0v) is 8.14. The summed E-state index contributed by atoms with van der Waals surface area (Å²) < 4.78 is 20.2. The van der Waals surface area contributed by atoms with Gasteiger partial charge in [-0.15, -0.1) is 0 Å². The molecule has 0 radical (unpaired) electrons. The number of alkyl halides is 1. The highest BCUT2D eigenvalue weighted by Gasteiger charge is 2.22. The maximum Gasteiger partial charge on any atom is 0.255 e. The standard InChI is InChI=1S/C6H5Cl2NO2S/c7-6(12(8,10)11)5-3-1-2-4-9-5/h1-4,6H. The predicted molar refractivity (Wildman–Crippen MR) is 47.6 cm³/mol. The van der Waals surface area contributed by atoms with Gasteiger partial charge in [-0.3, -0.25) is 4.98 Å². The molecule has 0 spiro atoms. The molecule has 1 aromatic heterocycles. The first-order valence-corrected chi connectivity index (χ1v) is 5.81. The van der Waals surface area contributed by atoms with Crippen molar-refractivity contribution in [2.45, 2.75) is 4.71 Å². The van der Waals surface area contributed by atoms with Gasteiger partial charge in [0.1, 0.15) is 0 Å². The van der Waals surface area contributed by atoms with Crippen molar-refractivity contribution < 1.29 is 8.42 Å². The SMILES string of the molecule is O=S(=O)(Cl)C(Cl)c1ccccn1. The molecule has 0 saturated carbocycles. The molecule has 0 aliphatic heterocycles. The third-order valence-electron chi connectivity index (χ3n) is 1.17. The van der Waals surface area contributed by atoms with E-state index in [9.17, 15) is 8.42 Å². The zero-order chi connectivity index (χ0) is 9.19. The molecule has 0 fully saturated rings. The fourth-order valence-corrected chi connectivity index (χ4v) is 1.49. The molecule has 0 amide bonds. The van der Waals surface area contributed by atoms with Crippen LogP contribution in [0.2, 0.25) is 0 Å². The lowest BCUT2D eigenvalue weighted by Crippen LogP contribution is -2.01. The van der Waals surface area contributed by atoms with Crippen LogP contribution in [-0.2, 0) is 9.05 Å². The van der Waals surface area contributed by atoms with Crippen molar-refractivity contribution in [2.24, 2.45) is 0 Å². The van der Waals surface area contributed by atoms with Gasteiger partial charge in [0, 0.05) is 16.9 Å². The molecule has 3 nitrogen and oxygen atoms in total. The summed E-state index contributed by atoms with van der Waals surface area (Å²) in [4.78, 5) is 3.75. The van der Waals surface area contributed by atoms with Crippen LogP contribution >= 0.6 is 22.3 Å². The summed E-state index contributed by atoms with van der Waals surface area (Å²) in [5, 5.41) is 0. The summed E-state index contributed by atoms with van der Waals surface area (Å²) >= 11 is 5.50. The van der Waals surface area contributed by atoms with Crippen molar-refractivity contribution in [3.05, 3.63) is 30.1 Å². The molecule has 0 bridgehead atoms. The highest BCUT2D eigenvalue weighted by atomic mass is 35.7. The van der Waals surface area contributed by atoms with Crippen LogP contribution in [0.25, 0.3) is 0 Å². The zero-order valence-electron chi connectivity index (χ0n) is 5.81. The van der Waals surface area contributed by atoms with E-state index in [1.807, 2.05) is 0 Å². The van der Waals surface area contributed by atoms with E-state index in [1.165, 1.54) is 12.3 Å². The van der Waals surface area contributed by atoms with E-state index in [1.54, 1.807) is 12.1 Å². The number of nitrogens with zero attached hydrogens (tertiary/aromatic N) is 1. The Labute approximate surface area is 79.8 Å². The second-order valence-electron chi connectivity index (χ2n) is 2.05. The Morgan fingerprint density at radius 1 is 1.42 bits per heavy atom. The molecule has 66 valence electrons. The van der Waals surface area contributed by atoms with Gasteiger partial charge < -0.3 is 0 Å². The van der Waals surface area contributed by atoms with Gasteiger partial charge in [-0.05, 0) is 12.1 Å². The Balaban J connectivity index is 3.02. The molecule has 0 aromatic carbocycles. The molecule has 0 aliphatic carbocycles. The third kappa shape index (κ3) is 2.33. The van der Waals surface area contributed by atoms with Crippen LogP contribution in [0, 0.1) is 0 Å². The van der Waals surface area contributed by atoms with Crippen LogP contribution in [0.1, 0.15) is 10.4 Å². The summed E-state index contributed by atoms with van der Waals surface area (Å²) in [6, 6.07) is 4.80. The second-order valence-corrected chi connectivity index (χ2v) is 5.45. The fourth-order valence-electron chi connectivity index (χ4n) is 0.654. The first kappa shape index (κ1) is 9.77. The first-order chi connectivity index (χ1) is 5.52. The quantitative estimate of drug-likeness (QED) is 0.571. The molecule has 12 heavy (non-hydrogen) atoms. The van der Waals surface area contributed by atoms with Gasteiger partial charge >= 0.3 is 0 Å². The lowest BCUT2D eigenvalue weighted by molar-refractivity contribution is 0.607. The largest absolute Gasteiger partial charge is 0.259 e. The minimum atomic E-state index is -3.78. The maximum absolute atomic E-state index is 10.7. The molecule has 0 saturated heterocycles. The van der Waals surface area contributed by atoms with Gasteiger partial charge in [-0.2, -0.15) is 0 Å². The normalized spacial score (nSPS) is 14.2. The van der Waals surface area contributed by atoms with Gasteiger partial charge in [0.15, 0.2) is 4.71 Å². The van der Waals surface area contributed by atoms with Crippen LogP contribution in [-0.4, -0.2) is 13.4 Å². The monoisotopic (exact) mass is 225 g/mol. The smallest absolute Gasteiger partial charge is 0.255 e. The molecule has 1 atom stereocenters. The summed E-state index contributed by atoms with van der Waals surface area (Å²) in [7, 11) is 1.24. The molecular weight excluding hydrogens is 221 g/mol. The van der Waals surface area contributed by atoms with E-state index >= 15 is 0 Å². The van der Waals surface area contributed by atoms with Crippen molar-refractivity contribution in [3.8, 4) is 0 Å². The Bertz CT molecular complexity index is 351. The Kier molecular flexibility index (Phi) is 2.93. The molecule has 1 heterocycles. The van der Waals surface area contributed by atoms with E-state index in [0.717, 1.165) is 0 Å². The third-order valence-corrected chi connectivity index (χ3v) is 3.64. The molecule has 0 aliphatic rings. The van der Waals surface area contributed by atoms with Gasteiger partial charge in [-0.1, -0.05) is 17.7 Å². The van der Waals surface area contributed by atoms with Gasteiger partial charge in [-0.25, -0.2) is 8.42 Å². The predicted octanol–water partition coefficient (Wildman–Crippen LogP) is 1.89. The Hall–Kier alpha value is -0.320.